The van der Waals surface area contributed by atoms with Gasteiger partial charge in [-0.2, -0.15) is 4.98 Å². The van der Waals surface area contributed by atoms with Crippen molar-refractivity contribution >= 4 is 23.2 Å². The van der Waals surface area contributed by atoms with Crippen molar-refractivity contribution in [2.24, 2.45) is 11.7 Å². The Bertz CT molecular complexity index is 668. The highest BCUT2D eigenvalue weighted by molar-refractivity contribution is 7.07. The summed E-state index contributed by atoms with van der Waals surface area (Å²) >= 11 is 1.34. The molecule has 0 spiro atoms. The molecule has 1 saturated heterocycles. The molecule has 2 N–H and O–H groups in total. The second-order valence-electron chi connectivity index (χ2n) is 4.88. The average molecular weight is 307 g/mol. The lowest BCUT2D eigenvalue weighted by Gasteiger charge is -2.13. The van der Waals surface area contributed by atoms with E-state index in [1.54, 1.807) is 22.7 Å². The first-order chi connectivity index (χ1) is 10.1. The van der Waals surface area contributed by atoms with Crippen LogP contribution in [-0.4, -0.2) is 44.9 Å². The first-order valence-electron chi connectivity index (χ1n) is 6.33. The van der Waals surface area contributed by atoms with Crippen molar-refractivity contribution in [1.29, 1.82) is 0 Å². The van der Waals surface area contributed by atoms with Crippen LogP contribution in [0.1, 0.15) is 28.1 Å². The van der Waals surface area contributed by atoms with E-state index in [-0.39, 0.29) is 18.4 Å². The van der Waals surface area contributed by atoms with Gasteiger partial charge in [0.15, 0.2) is 5.82 Å². The maximum atomic E-state index is 12.3. The minimum atomic E-state index is -0.535. The molecule has 3 rings (SSSR count). The third-order valence-electron chi connectivity index (χ3n) is 3.48. The molecule has 1 aliphatic heterocycles. The maximum Gasteiger partial charge on any atom is 0.273 e. The third kappa shape index (κ3) is 2.51. The minimum Gasteiger partial charge on any atom is -0.369 e. The van der Waals surface area contributed by atoms with Crippen LogP contribution in [0.15, 0.2) is 15.4 Å². The largest absolute Gasteiger partial charge is 0.369 e. The van der Waals surface area contributed by atoms with Gasteiger partial charge in [-0.25, -0.2) is 4.98 Å². The van der Waals surface area contributed by atoms with Crippen molar-refractivity contribution in [2.45, 2.75) is 12.8 Å². The Morgan fingerprint density at radius 1 is 1.48 bits per heavy atom. The van der Waals surface area contributed by atoms with Gasteiger partial charge >= 0.3 is 0 Å². The fourth-order valence-electron chi connectivity index (χ4n) is 2.45. The number of hydrogen-bond donors (Lipinski definition) is 1. The van der Waals surface area contributed by atoms with Crippen LogP contribution < -0.4 is 5.73 Å². The van der Waals surface area contributed by atoms with Gasteiger partial charge in [-0.15, -0.1) is 11.3 Å². The van der Waals surface area contributed by atoms with Crippen molar-refractivity contribution in [1.82, 2.24) is 20.0 Å². The summed E-state index contributed by atoms with van der Waals surface area (Å²) in [6, 6.07) is 0. The lowest BCUT2D eigenvalue weighted by Crippen LogP contribution is -2.32. The Balaban J connectivity index is 1.84. The summed E-state index contributed by atoms with van der Waals surface area (Å²) in [6.45, 7) is 2.24. The number of nitrogens with zero attached hydrogens (tertiary/aromatic N) is 4. The van der Waals surface area contributed by atoms with Gasteiger partial charge in [0.25, 0.3) is 5.91 Å². The molecule has 2 aromatic rings. The smallest absolute Gasteiger partial charge is 0.273 e. The van der Waals surface area contributed by atoms with Crippen molar-refractivity contribution in [2.75, 3.05) is 13.1 Å². The van der Waals surface area contributed by atoms with E-state index in [0.717, 1.165) is 0 Å². The molecule has 0 bridgehead atoms. The number of carbonyl (C=O) groups is 2. The van der Waals surface area contributed by atoms with E-state index in [0.29, 0.717) is 24.0 Å². The fraction of sp³-hybridized carbons (Fsp3) is 0.417. The van der Waals surface area contributed by atoms with Crippen LogP contribution in [0.4, 0.5) is 0 Å². The lowest BCUT2D eigenvalue weighted by molar-refractivity contribution is -0.121. The van der Waals surface area contributed by atoms with E-state index >= 15 is 0 Å². The van der Waals surface area contributed by atoms with Gasteiger partial charge < -0.3 is 15.2 Å². The summed E-state index contributed by atoms with van der Waals surface area (Å²) in [4.78, 5) is 33.6. The van der Waals surface area contributed by atoms with Crippen LogP contribution in [-0.2, 0) is 4.79 Å². The molecule has 2 unspecified atom stereocenters. The average Bonchev–Trinajstić information content (AvgIpc) is 3.17. The summed E-state index contributed by atoms with van der Waals surface area (Å²) in [6.07, 6.45) is 0. The maximum absolute atomic E-state index is 12.3. The van der Waals surface area contributed by atoms with E-state index in [1.165, 1.54) is 11.3 Å². The minimum absolute atomic E-state index is 0.221. The van der Waals surface area contributed by atoms with Gasteiger partial charge in [-0.1, -0.05) is 5.16 Å². The highest BCUT2D eigenvalue weighted by Gasteiger charge is 2.42. The highest BCUT2D eigenvalue weighted by Crippen LogP contribution is 2.32. The first kappa shape index (κ1) is 13.7. The van der Waals surface area contributed by atoms with Crippen molar-refractivity contribution in [3.05, 3.63) is 28.3 Å². The molecule has 21 heavy (non-hydrogen) atoms. The summed E-state index contributed by atoms with van der Waals surface area (Å²) in [5, 5.41) is 5.39. The molecule has 110 valence electrons. The van der Waals surface area contributed by atoms with Crippen molar-refractivity contribution in [3.8, 4) is 0 Å². The summed E-state index contributed by atoms with van der Waals surface area (Å²) in [7, 11) is 0. The molecule has 3 heterocycles. The third-order valence-corrected chi connectivity index (χ3v) is 4.07. The molecule has 1 aliphatic rings. The van der Waals surface area contributed by atoms with E-state index in [9.17, 15) is 9.59 Å². The van der Waals surface area contributed by atoms with E-state index in [1.807, 2.05) is 0 Å². The van der Waals surface area contributed by atoms with Crippen LogP contribution in [0.5, 0.6) is 0 Å². The number of carbonyl (C=O) groups excluding carboxylic acids is 2. The zero-order valence-electron chi connectivity index (χ0n) is 11.2. The van der Waals surface area contributed by atoms with Gasteiger partial charge in [-0.05, 0) is 6.92 Å². The SMILES string of the molecule is Cc1noc(C2CN(C(=O)c3cscn3)CC2C(N)=O)n1. The van der Waals surface area contributed by atoms with Crippen LogP contribution in [0.25, 0.3) is 0 Å². The van der Waals surface area contributed by atoms with Gasteiger partial charge in [0.1, 0.15) is 5.69 Å². The molecule has 1 fully saturated rings. The molecule has 8 nitrogen and oxygen atoms in total. The Kier molecular flexibility index (Phi) is 3.42. The van der Waals surface area contributed by atoms with Gasteiger partial charge in [0.2, 0.25) is 11.8 Å². The molecule has 0 radical (unpaired) electrons. The molecule has 2 atom stereocenters. The second-order valence-corrected chi connectivity index (χ2v) is 5.60. The normalized spacial score (nSPS) is 21.7. The number of likely N-dealkylation sites (tertiary alicyclic amines) is 1. The number of nitrogens with two attached hydrogens (primary N) is 1. The Labute approximate surface area is 124 Å². The fourth-order valence-corrected chi connectivity index (χ4v) is 2.98. The second kappa shape index (κ2) is 5.24. The Morgan fingerprint density at radius 2 is 2.29 bits per heavy atom. The first-order valence-corrected chi connectivity index (χ1v) is 7.27. The molecule has 0 saturated carbocycles. The predicted octanol–water partition coefficient (Wildman–Crippen LogP) is 0.176. The summed E-state index contributed by atoms with van der Waals surface area (Å²) in [5.74, 6) is -0.785. The van der Waals surface area contributed by atoms with Crippen LogP contribution >= 0.6 is 11.3 Å². The van der Waals surface area contributed by atoms with Gasteiger partial charge in [-0.3, -0.25) is 9.59 Å². The molecule has 0 aromatic carbocycles. The van der Waals surface area contributed by atoms with Crippen LogP contribution in [0, 0.1) is 12.8 Å². The number of aromatic nitrogens is 3. The molecule has 9 heteroatoms. The number of aryl methyl sites for hydroxylation is 1. The molecule has 0 aliphatic carbocycles. The standard InChI is InChI=1S/C12H13N5O3S/c1-6-15-11(20-16-6)8-3-17(2-7(8)10(13)18)12(19)9-4-21-5-14-9/h4-5,7-8H,2-3H2,1H3,(H2,13,18). The lowest BCUT2D eigenvalue weighted by atomic mass is 9.95. The summed E-state index contributed by atoms with van der Waals surface area (Å²) in [5.41, 5.74) is 7.39. The van der Waals surface area contributed by atoms with Crippen molar-refractivity contribution < 1.29 is 14.1 Å². The van der Waals surface area contributed by atoms with E-state index in [2.05, 4.69) is 15.1 Å². The highest BCUT2D eigenvalue weighted by atomic mass is 32.1. The zero-order chi connectivity index (χ0) is 15.0. The predicted molar refractivity (Wildman–Crippen MR) is 72.5 cm³/mol. The number of rotatable bonds is 3. The van der Waals surface area contributed by atoms with Gasteiger partial charge in [0, 0.05) is 18.5 Å². The zero-order valence-corrected chi connectivity index (χ0v) is 12.0. The molecular weight excluding hydrogens is 294 g/mol. The number of amides is 2. The van der Waals surface area contributed by atoms with Crippen LogP contribution in [0.3, 0.4) is 0 Å². The molecule has 2 aromatic heterocycles. The monoisotopic (exact) mass is 307 g/mol. The topological polar surface area (TPSA) is 115 Å². The summed E-state index contributed by atoms with van der Waals surface area (Å²) < 4.78 is 5.13. The Hall–Kier alpha value is -2.29. The number of hydrogen-bond acceptors (Lipinski definition) is 7. The van der Waals surface area contributed by atoms with Crippen molar-refractivity contribution in [3.63, 3.8) is 0 Å². The van der Waals surface area contributed by atoms with Gasteiger partial charge in [0.05, 0.1) is 17.3 Å². The van der Waals surface area contributed by atoms with Crippen LogP contribution in [0.2, 0.25) is 0 Å². The number of primary amides is 1. The molecule has 2 amide bonds. The quantitative estimate of drug-likeness (QED) is 0.864. The van der Waals surface area contributed by atoms with E-state index < -0.39 is 11.8 Å². The number of thiazole rings is 1. The van der Waals surface area contributed by atoms with E-state index in [4.69, 9.17) is 10.3 Å². The Morgan fingerprint density at radius 3 is 2.86 bits per heavy atom. The molecular formula is C12H13N5O3S.